The van der Waals surface area contributed by atoms with Crippen LogP contribution in [0.15, 0.2) is 12.1 Å². The predicted molar refractivity (Wildman–Crippen MR) is 161 cm³/mol. The lowest BCUT2D eigenvalue weighted by Gasteiger charge is -2.65. The van der Waals surface area contributed by atoms with Gasteiger partial charge in [-0.25, -0.2) is 8.42 Å². The van der Waals surface area contributed by atoms with E-state index in [4.69, 9.17) is 5.73 Å². The minimum atomic E-state index is -4.33. The number of hydrogen-bond acceptors (Lipinski definition) is 8. The van der Waals surface area contributed by atoms with Crippen LogP contribution in [0.5, 0.6) is 5.75 Å². The van der Waals surface area contributed by atoms with Gasteiger partial charge in [0, 0.05) is 54.4 Å². The maximum Gasteiger partial charge on any atom is 0.252 e. The van der Waals surface area contributed by atoms with E-state index in [1.54, 1.807) is 6.07 Å². The molecular weight excluding hydrogens is 584 g/mol. The molecule has 44 heavy (non-hydrogen) atoms. The first-order valence-electron chi connectivity index (χ1n) is 16.1. The number of fused-ring (bicyclic) bond motifs is 3. The first-order chi connectivity index (χ1) is 20.4. The Morgan fingerprint density at radius 1 is 1.11 bits per heavy atom. The Morgan fingerprint density at radius 2 is 1.82 bits per heavy atom. The molecule has 1 aromatic rings. The van der Waals surface area contributed by atoms with Crippen LogP contribution in [-0.2, 0) is 31.5 Å². The molecule has 1 aromatic carbocycles. The average Bonchev–Trinajstić information content (AvgIpc) is 3.23. The number of rotatable bonds is 5. The van der Waals surface area contributed by atoms with E-state index in [9.17, 15) is 37.6 Å². The minimum Gasteiger partial charge on any atom is -0.748 e. The van der Waals surface area contributed by atoms with Crippen LogP contribution < -0.4 is 5.73 Å². The highest BCUT2D eigenvalue weighted by atomic mass is 32.2. The number of phenols is 1. The summed E-state index contributed by atoms with van der Waals surface area (Å²) in [5, 5.41) is 23.3. The van der Waals surface area contributed by atoms with E-state index in [1.165, 1.54) is 19.3 Å². The molecule has 10 nitrogen and oxygen atoms in total. The molecule has 7 rings (SSSR count). The van der Waals surface area contributed by atoms with Crippen LogP contribution in [0.3, 0.4) is 0 Å². The van der Waals surface area contributed by atoms with Gasteiger partial charge in [0.1, 0.15) is 29.0 Å². The molecule has 1 amide bonds. The van der Waals surface area contributed by atoms with Crippen molar-refractivity contribution < 1.29 is 42.1 Å². The van der Waals surface area contributed by atoms with Crippen LogP contribution in [-0.4, -0.2) is 82.7 Å². The number of hydrogen-bond donors (Lipinski definition) is 3. The summed E-state index contributed by atoms with van der Waals surface area (Å²) in [6.07, 6.45) is 8.02. The fourth-order valence-electron chi connectivity index (χ4n) is 10.5. The van der Waals surface area contributed by atoms with Crippen molar-refractivity contribution in [1.82, 2.24) is 0 Å². The number of nitrogens with two attached hydrogens (primary N) is 1. The number of likely N-dealkylation sites (N-methyl/N-ethyl adjacent to an activating group) is 1. The van der Waals surface area contributed by atoms with Crippen molar-refractivity contribution in [1.29, 1.82) is 0 Å². The summed E-state index contributed by atoms with van der Waals surface area (Å²) in [6, 6.07) is 3.46. The fraction of sp³-hybridized carbons (Fsp3) is 0.727. The maximum absolute atomic E-state index is 12.6. The quantitative estimate of drug-likeness (QED) is 0.329. The number of primary amides is 1. The molecule has 0 spiro atoms. The second kappa shape index (κ2) is 10.1. The van der Waals surface area contributed by atoms with Gasteiger partial charge in [-0.2, -0.15) is 0 Å². The number of carbonyl (C=O) groups excluding carboxylic acids is 3. The first-order valence-corrected chi connectivity index (χ1v) is 17.7. The molecule has 1 aliphatic heterocycles. The van der Waals surface area contributed by atoms with Crippen LogP contribution in [0, 0.1) is 22.7 Å². The molecule has 5 aliphatic carbocycles. The highest BCUT2D eigenvalue weighted by Crippen LogP contribution is 2.64. The topological polar surface area (TPSA) is 175 Å². The molecule has 242 valence electrons. The Kier molecular flexibility index (Phi) is 7.25. The number of aliphatic hydroxyl groups is 1. The summed E-state index contributed by atoms with van der Waals surface area (Å²) in [7, 11) is -2.06. The van der Waals surface area contributed by atoms with Crippen molar-refractivity contribution in [2.45, 2.75) is 102 Å². The number of Topliss-reactive ketones (excluding diaryl/α,β-unsaturated/α-hetero) is 2. The Morgan fingerprint density at radius 3 is 2.36 bits per heavy atom. The molecule has 11 heteroatoms. The molecule has 6 aliphatic rings. The molecule has 1 heterocycles. The van der Waals surface area contributed by atoms with Gasteiger partial charge in [0.25, 0.3) is 5.91 Å². The Hall–Kier alpha value is -2.34. The molecule has 0 aromatic heterocycles. The van der Waals surface area contributed by atoms with Crippen LogP contribution >= 0.6 is 0 Å². The first kappa shape index (κ1) is 31.6. The maximum atomic E-state index is 12.6. The second-order valence-electron chi connectivity index (χ2n) is 15.6. The van der Waals surface area contributed by atoms with Crippen molar-refractivity contribution in [3.05, 3.63) is 28.8 Å². The number of quaternary nitrogens is 1. The highest BCUT2D eigenvalue weighted by Gasteiger charge is 2.70. The minimum absolute atomic E-state index is 0.00345. The van der Waals surface area contributed by atoms with Crippen LogP contribution in [0.1, 0.15) is 99.5 Å². The number of amides is 1. The van der Waals surface area contributed by atoms with Crippen molar-refractivity contribution in [3.8, 4) is 5.75 Å². The summed E-state index contributed by atoms with van der Waals surface area (Å²) < 4.78 is 33.5. The van der Waals surface area contributed by atoms with Crippen LogP contribution in [0.2, 0.25) is 0 Å². The predicted octanol–water partition coefficient (Wildman–Crippen LogP) is 2.72. The molecule has 1 saturated heterocycles. The zero-order valence-electron chi connectivity index (χ0n) is 26.1. The zero-order valence-corrected chi connectivity index (χ0v) is 26.9. The number of benzene rings is 1. The summed E-state index contributed by atoms with van der Waals surface area (Å²) in [5.74, 6) is -0.251. The van der Waals surface area contributed by atoms with Crippen molar-refractivity contribution in [2.75, 3.05) is 25.9 Å². The highest BCUT2D eigenvalue weighted by molar-refractivity contribution is 7.85. The SMILES string of the molecule is CC1(C)[C@H]2CC[C@]1(CS(=O)(=O)[O-])C(=O)C2.C[N+]1(CC2CCC2)CC[C@]23CC(=O)CC[C@@]2(O)[C@H]1Cc1ccc(C(N)=O)c(O)c13. The third-order valence-electron chi connectivity index (χ3n) is 13.3. The summed E-state index contributed by atoms with van der Waals surface area (Å²) in [5.41, 5.74) is 4.02. The smallest absolute Gasteiger partial charge is 0.252 e. The van der Waals surface area contributed by atoms with Gasteiger partial charge in [-0.1, -0.05) is 26.3 Å². The molecular formula is C33H46N2O8S. The lowest BCUT2D eigenvalue weighted by atomic mass is 9.48. The third kappa shape index (κ3) is 4.43. The van der Waals surface area contributed by atoms with Crippen molar-refractivity contribution in [3.63, 3.8) is 0 Å². The lowest BCUT2D eigenvalue weighted by molar-refractivity contribution is -0.952. The Bertz CT molecular complexity index is 1540. The van der Waals surface area contributed by atoms with Gasteiger partial charge in [0.15, 0.2) is 0 Å². The molecule has 4 N–H and O–H groups in total. The number of nitrogens with zero attached hydrogens (tertiary/aromatic N) is 1. The normalized spacial score (nSPS) is 38.7. The van der Waals surface area contributed by atoms with Crippen LogP contribution in [0.4, 0.5) is 0 Å². The van der Waals surface area contributed by atoms with E-state index in [0.29, 0.717) is 50.0 Å². The molecule has 5 fully saturated rings. The molecule has 1 unspecified atom stereocenters. The fourth-order valence-corrected chi connectivity index (χ4v) is 11.8. The van der Waals surface area contributed by atoms with Crippen molar-refractivity contribution in [2.24, 2.45) is 28.4 Å². The number of carbonyl (C=O) groups is 3. The van der Waals surface area contributed by atoms with Crippen molar-refractivity contribution >= 4 is 27.6 Å². The molecule has 0 radical (unpaired) electrons. The van der Waals surface area contributed by atoms with Gasteiger partial charge >= 0.3 is 0 Å². The monoisotopic (exact) mass is 630 g/mol. The number of likely N-dealkylation sites (tertiary alicyclic amines) is 1. The largest absolute Gasteiger partial charge is 0.748 e. The van der Waals surface area contributed by atoms with E-state index in [-0.39, 0.29) is 46.7 Å². The standard InChI is InChI=1S/C23H30N2O4.C10H16O4S/c1-25(13-14-3-2-4-14)10-9-22-12-16(26)7-8-23(22,29)18(25)11-15-5-6-17(21(24)28)20(27)19(15)22;1-9(2)7-3-4-10(9,8(11)5-7)6-15(12,13)14/h5-6,14,18,29H,2-4,7-13H2,1H3,(H2-,24,27,28);7H,3-6H2,1-2H3,(H,12,13,14)/t18-,22-,23-,25?;7-,10-/m10/s1. The lowest BCUT2D eigenvalue weighted by Crippen LogP contribution is -2.78. The summed E-state index contributed by atoms with van der Waals surface area (Å²) in [4.78, 5) is 36.3. The van der Waals surface area contributed by atoms with Gasteiger partial charge in [0.05, 0.1) is 41.6 Å². The van der Waals surface area contributed by atoms with E-state index in [1.807, 2.05) is 19.9 Å². The third-order valence-corrected chi connectivity index (χ3v) is 14.2. The van der Waals surface area contributed by atoms with Gasteiger partial charge in [0.2, 0.25) is 0 Å². The Balaban J connectivity index is 0.000000193. The molecule has 6 atom stereocenters. The number of piperidine rings is 1. The summed E-state index contributed by atoms with van der Waals surface area (Å²) in [6.45, 7) is 5.77. The van der Waals surface area contributed by atoms with Gasteiger partial charge in [-0.3, -0.25) is 14.4 Å². The number of aromatic hydroxyl groups is 1. The number of ketones is 2. The van der Waals surface area contributed by atoms with Gasteiger partial charge in [-0.15, -0.1) is 0 Å². The average molecular weight is 631 g/mol. The summed E-state index contributed by atoms with van der Waals surface area (Å²) >= 11 is 0. The molecule has 4 bridgehead atoms. The second-order valence-corrected chi connectivity index (χ2v) is 17.0. The van der Waals surface area contributed by atoms with E-state index in [2.05, 4.69) is 7.05 Å². The van der Waals surface area contributed by atoms with Crippen LogP contribution in [0.25, 0.3) is 0 Å². The van der Waals surface area contributed by atoms with E-state index >= 15 is 0 Å². The van der Waals surface area contributed by atoms with Gasteiger partial charge in [-0.05, 0) is 55.1 Å². The van der Waals surface area contributed by atoms with E-state index < -0.39 is 38.2 Å². The van der Waals surface area contributed by atoms with Gasteiger partial charge < -0.3 is 25.0 Å². The Labute approximate surface area is 259 Å². The molecule has 4 saturated carbocycles. The van der Waals surface area contributed by atoms with E-state index in [0.717, 1.165) is 29.6 Å². The zero-order chi connectivity index (χ0) is 32.1.